The van der Waals surface area contributed by atoms with Crippen LogP contribution in [0.5, 0.6) is 0 Å². The maximum Gasteiger partial charge on any atom is 0.411 e. The van der Waals surface area contributed by atoms with Crippen LogP contribution in [0.4, 0.5) is 19.0 Å². The van der Waals surface area contributed by atoms with Crippen LogP contribution < -0.4 is 5.32 Å². The summed E-state index contributed by atoms with van der Waals surface area (Å²) in [4.78, 5) is 8.23. The summed E-state index contributed by atoms with van der Waals surface area (Å²) >= 11 is 1.50. The van der Waals surface area contributed by atoms with E-state index in [0.717, 1.165) is 15.8 Å². The van der Waals surface area contributed by atoms with Crippen molar-refractivity contribution in [1.82, 2.24) is 9.97 Å². The first kappa shape index (κ1) is 14.0. The molecular formula is C11H12F3N3OS. The van der Waals surface area contributed by atoms with E-state index >= 15 is 0 Å². The molecule has 0 aliphatic carbocycles. The molecule has 0 aliphatic rings. The maximum atomic E-state index is 11.9. The van der Waals surface area contributed by atoms with Crippen molar-refractivity contribution >= 4 is 27.4 Å². The third kappa shape index (κ3) is 3.77. The van der Waals surface area contributed by atoms with Crippen molar-refractivity contribution in [2.75, 3.05) is 25.1 Å². The Labute approximate surface area is 111 Å². The molecule has 0 bridgehead atoms. The van der Waals surface area contributed by atoms with Crippen molar-refractivity contribution in [3.63, 3.8) is 0 Å². The number of hydrogen-bond donors (Lipinski definition) is 1. The molecule has 2 heterocycles. The molecule has 2 rings (SSSR count). The van der Waals surface area contributed by atoms with Crippen LogP contribution >= 0.6 is 11.3 Å². The van der Waals surface area contributed by atoms with E-state index in [1.165, 1.54) is 17.7 Å². The molecule has 0 aromatic carbocycles. The standard InChI is InChI=1S/C11H12F3N3OS/c1-7-4-19-9-8(7)16-6-17-10(9)15-2-3-18-5-11(12,13)14/h4,6H,2-3,5H2,1H3,(H,15,16,17). The van der Waals surface area contributed by atoms with Gasteiger partial charge in [0.15, 0.2) is 0 Å². The summed E-state index contributed by atoms with van der Waals surface area (Å²) < 4.78 is 41.0. The summed E-state index contributed by atoms with van der Waals surface area (Å²) in [5, 5.41) is 4.92. The minimum atomic E-state index is -4.28. The minimum absolute atomic E-state index is 0.0324. The van der Waals surface area contributed by atoms with Gasteiger partial charge in [-0.2, -0.15) is 13.2 Å². The molecule has 0 amide bonds. The second-order valence-corrected chi connectivity index (χ2v) is 4.79. The van der Waals surface area contributed by atoms with Crippen molar-refractivity contribution < 1.29 is 17.9 Å². The quantitative estimate of drug-likeness (QED) is 0.860. The van der Waals surface area contributed by atoms with Crippen molar-refractivity contribution in [2.45, 2.75) is 13.1 Å². The van der Waals surface area contributed by atoms with Crippen molar-refractivity contribution in [3.05, 3.63) is 17.3 Å². The Morgan fingerprint density at radius 2 is 2.16 bits per heavy atom. The van der Waals surface area contributed by atoms with Gasteiger partial charge in [-0.25, -0.2) is 9.97 Å². The number of aromatic nitrogens is 2. The van der Waals surface area contributed by atoms with Gasteiger partial charge in [0.2, 0.25) is 0 Å². The molecule has 0 saturated carbocycles. The first-order valence-electron chi connectivity index (χ1n) is 5.54. The van der Waals surface area contributed by atoms with Gasteiger partial charge in [-0.15, -0.1) is 11.3 Å². The Hall–Kier alpha value is -1.41. The van der Waals surface area contributed by atoms with Crippen LogP contribution in [0, 0.1) is 6.92 Å². The zero-order chi connectivity index (χ0) is 13.9. The van der Waals surface area contributed by atoms with Gasteiger partial charge < -0.3 is 10.1 Å². The van der Waals surface area contributed by atoms with E-state index < -0.39 is 12.8 Å². The molecular weight excluding hydrogens is 279 g/mol. The Morgan fingerprint density at radius 3 is 2.89 bits per heavy atom. The zero-order valence-electron chi connectivity index (χ0n) is 10.1. The third-order valence-corrected chi connectivity index (χ3v) is 3.43. The zero-order valence-corrected chi connectivity index (χ0v) is 10.9. The molecule has 2 aromatic rings. The van der Waals surface area contributed by atoms with Gasteiger partial charge in [-0.05, 0) is 17.9 Å². The fourth-order valence-electron chi connectivity index (χ4n) is 1.52. The SMILES string of the molecule is Cc1csc2c(NCCOCC(F)(F)F)ncnc12. The van der Waals surface area contributed by atoms with E-state index in [0.29, 0.717) is 5.82 Å². The fourth-order valence-corrected chi connectivity index (χ4v) is 2.49. The summed E-state index contributed by atoms with van der Waals surface area (Å²) in [6, 6.07) is 0. The Morgan fingerprint density at radius 1 is 1.37 bits per heavy atom. The molecule has 8 heteroatoms. The molecule has 2 aromatic heterocycles. The lowest BCUT2D eigenvalue weighted by Gasteiger charge is -2.09. The number of halogens is 3. The van der Waals surface area contributed by atoms with Gasteiger partial charge in [0, 0.05) is 6.54 Å². The number of fused-ring (bicyclic) bond motifs is 1. The Bertz CT molecular complexity index is 556. The van der Waals surface area contributed by atoms with Gasteiger partial charge >= 0.3 is 6.18 Å². The highest BCUT2D eigenvalue weighted by Crippen LogP contribution is 2.28. The Kier molecular flexibility index (Phi) is 4.20. The number of aryl methyl sites for hydroxylation is 1. The lowest BCUT2D eigenvalue weighted by atomic mass is 10.3. The number of nitrogens with one attached hydrogen (secondary N) is 1. The van der Waals surface area contributed by atoms with E-state index in [2.05, 4.69) is 20.0 Å². The first-order chi connectivity index (χ1) is 8.97. The number of ether oxygens (including phenoxy) is 1. The maximum absolute atomic E-state index is 11.9. The molecule has 104 valence electrons. The smallest absolute Gasteiger partial charge is 0.370 e. The second-order valence-electron chi connectivity index (χ2n) is 3.91. The highest BCUT2D eigenvalue weighted by molar-refractivity contribution is 7.18. The van der Waals surface area contributed by atoms with Crippen LogP contribution in [0.25, 0.3) is 10.2 Å². The predicted molar refractivity (Wildman–Crippen MR) is 67.5 cm³/mol. The van der Waals surface area contributed by atoms with Gasteiger partial charge in [-0.1, -0.05) is 0 Å². The fraction of sp³-hybridized carbons (Fsp3) is 0.455. The number of anilines is 1. The topological polar surface area (TPSA) is 47.0 Å². The van der Waals surface area contributed by atoms with E-state index in [-0.39, 0.29) is 13.2 Å². The van der Waals surface area contributed by atoms with Crippen molar-refractivity contribution in [1.29, 1.82) is 0 Å². The average molecular weight is 291 g/mol. The molecule has 1 N–H and O–H groups in total. The van der Waals surface area contributed by atoms with E-state index in [1.807, 2.05) is 12.3 Å². The molecule has 0 saturated heterocycles. The van der Waals surface area contributed by atoms with Gasteiger partial charge in [-0.3, -0.25) is 0 Å². The molecule has 0 aliphatic heterocycles. The van der Waals surface area contributed by atoms with Crippen molar-refractivity contribution in [3.8, 4) is 0 Å². The molecule has 19 heavy (non-hydrogen) atoms. The van der Waals surface area contributed by atoms with Crippen LogP contribution in [-0.4, -0.2) is 35.9 Å². The van der Waals surface area contributed by atoms with Crippen LogP contribution in [0.2, 0.25) is 0 Å². The van der Waals surface area contributed by atoms with Crippen LogP contribution in [0.1, 0.15) is 5.56 Å². The Balaban J connectivity index is 1.88. The predicted octanol–water partition coefficient (Wildman–Crippen LogP) is 2.99. The van der Waals surface area contributed by atoms with Crippen LogP contribution in [-0.2, 0) is 4.74 Å². The highest BCUT2D eigenvalue weighted by Gasteiger charge is 2.27. The van der Waals surface area contributed by atoms with E-state index in [9.17, 15) is 13.2 Å². The average Bonchev–Trinajstić information content (AvgIpc) is 2.70. The van der Waals surface area contributed by atoms with Gasteiger partial charge in [0.1, 0.15) is 18.8 Å². The number of alkyl halides is 3. The van der Waals surface area contributed by atoms with Gasteiger partial charge in [0.05, 0.1) is 16.8 Å². The summed E-state index contributed by atoms with van der Waals surface area (Å²) in [5.74, 6) is 0.624. The third-order valence-electron chi connectivity index (χ3n) is 2.34. The summed E-state index contributed by atoms with van der Waals surface area (Å²) in [7, 11) is 0. The molecule has 0 spiro atoms. The van der Waals surface area contributed by atoms with Gasteiger partial charge in [0.25, 0.3) is 0 Å². The monoisotopic (exact) mass is 291 g/mol. The molecule has 0 unspecified atom stereocenters. The molecule has 0 radical (unpaired) electrons. The summed E-state index contributed by atoms with van der Waals surface area (Å²) in [6.45, 7) is 0.947. The largest absolute Gasteiger partial charge is 0.411 e. The first-order valence-corrected chi connectivity index (χ1v) is 6.42. The van der Waals surface area contributed by atoms with E-state index in [1.54, 1.807) is 0 Å². The molecule has 0 fully saturated rings. The van der Waals surface area contributed by atoms with Crippen molar-refractivity contribution in [2.24, 2.45) is 0 Å². The molecule has 4 nitrogen and oxygen atoms in total. The summed E-state index contributed by atoms with van der Waals surface area (Å²) in [5.41, 5.74) is 1.91. The lowest BCUT2D eigenvalue weighted by Crippen LogP contribution is -2.20. The number of rotatable bonds is 5. The number of thiophene rings is 1. The minimum Gasteiger partial charge on any atom is -0.370 e. The molecule has 0 atom stereocenters. The van der Waals surface area contributed by atoms with E-state index in [4.69, 9.17) is 0 Å². The highest BCUT2D eigenvalue weighted by atomic mass is 32.1. The summed E-state index contributed by atoms with van der Waals surface area (Å²) in [6.07, 6.45) is -2.85. The van der Waals surface area contributed by atoms with Crippen LogP contribution in [0.3, 0.4) is 0 Å². The second kappa shape index (κ2) is 5.70. The normalized spacial score (nSPS) is 12.0. The lowest BCUT2D eigenvalue weighted by molar-refractivity contribution is -0.172. The van der Waals surface area contributed by atoms with Crippen LogP contribution in [0.15, 0.2) is 11.7 Å². The number of nitrogens with zero attached hydrogens (tertiary/aromatic N) is 2. The number of hydrogen-bond acceptors (Lipinski definition) is 5.